The zero-order chi connectivity index (χ0) is 21.5. The van der Waals surface area contributed by atoms with Crippen molar-refractivity contribution < 1.29 is 28.8 Å². The topological polar surface area (TPSA) is 62.2 Å². The summed E-state index contributed by atoms with van der Waals surface area (Å²) in [4.78, 5) is 14.5. The molecule has 1 aromatic carbocycles. The number of carboxylic acids is 1. The summed E-state index contributed by atoms with van der Waals surface area (Å²) in [6.07, 6.45) is 7.40. The van der Waals surface area contributed by atoms with Crippen LogP contribution in [0.3, 0.4) is 0 Å². The Morgan fingerprint density at radius 3 is 2.37 bits per heavy atom. The van der Waals surface area contributed by atoms with Gasteiger partial charge in [-0.05, 0) is 30.9 Å². The molecule has 4 nitrogen and oxygen atoms in total. The van der Waals surface area contributed by atoms with Crippen LogP contribution in [0, 0.1) is 26.7 Å². The summed E-state index contributed by atoms with van der Waals surface area (Å²) in [6, 6.07) is 14.3. The van der Waals surface area contributed by atoms with Gasteiger partial charge in [-0.25, -0.2) is 4.98 Å². The summed E-state index contributed by atoms with van der Waals surface area (Å²) in [7, 11) is 0. The van der Waals surface area contributed by atoms with Crippen molar-refractivity contribution in [1.29, 1.82) is 0 Å². The van der Waals surface area contributed by atoms with Crippen molar-refractivity contribution in [3.05, 3.63) is 80.1 Å². The van der Waals surface area contributed by atoms with Crippen molar-refractivity contribution in [2.75, 3.05) is 11.9 Å². The first-order valence-corrected chi connectivity index (χ1v) is 10.4. The van der Waals surface area contributed by atoms with Gasteiger partial charge in [0.2, 0.25) is 0 Å². The van der Waals surface area contributed by atoms with E-state index in [-0.39, 0.29) is 24.8 Å². The maximum Gasteiger partial charge on any atom is 1.00 e. The van der Waals surface area contributed by atoms with Crippen LogP contribution in [0.15, 0.2) is 42.5 Å². The molecule has 2 N–H and O–H groups in total. The number of carboxylic acid groups (broad SMARTS) is 1. The molecule has 0 unspecified atom stereocenters. The zero-order valence-corrected chi connectivity index (χ0v) is 18.7. The summed E-state index contributed by atoms with van der Waals surface area (Å²) >= 11 is 0. The van der Waals surface area contributed by atoms with E-state index in [0.29, 0.717) is 6.42 Å². The number of nitrogens with one attached hydrogen (secondary N) is 1. The number of hydrogen-bond acceptors (Lipinski definition) is 3. The third-order valence-corrected chi connectivity index (χ3v) is 4.58. The van der Waals surface area contributed by atoms with Crippen LogP contribution in [-0.2, 0) is 17.6 Å². The van der Waals surface area contributed by atoms with E-state index in [4.69, 9.17) is 5.11 Å². The molecule has 2 heterocycles. The Morgan fingerprint density at radius 1 is 1.17 bits per heavy atom. The summed E-state index contributed by atoms with van der Waals surface area (Å²) in [5, 5.41) is 11.5. The number of rotatable bonds is 6. The summed E-state index contributed by atoms with van der Waals surface area (Å²) in [5.41, 5.74) is 3.67. The predicted octanol–water partition coefficient (Wildman–Crippen LogP) is 2.79. The Morgan fingerprint density at radius 2 is 1.87 bits per heavy atom. The molecular weight excluding hydrogens is 367 g/mol. The van der Waals surface area contributed by atoms with Crippen LogP contribution in [0.2, 0.25) is 0 Å². The van der Waals surface area contributed by atoms with E-state index in [2.05, 4.69) is 43.2 Å². The molecule has 2 aromatic rings. The van der Waals surface area contributed by atoms with Gasteiger partial charge in [0.05, 0.1) is 0 Å². The number of nitrogens with zero attached hydrogens (tertiary/aromatic N) is 1. The molecule has 0 amide bonds. The minimum atomic E-state index is -0.769. The third-order valence-electron chi connectivity index (χ3n) is 4.58. The molecule has 5 heteroatoms. The number of aryl methyl sites for hydroxylation is 2. The minimum Gasteiger partial charge on any atom is -0.481 e. The predicted molar refractivity (Wildman–Crippen MR) is 122 cm³/mol. The number of unbranched alkanes of at least 4 members (excludes halogenated alkanes) is 2. The van der Waals surface area contributed by atoms with Crippen LogP contribution in [0.4, 0.5) is 5.82 Å². The van der Waals surface area contributed by atoms with Gasteiger partial charge >= 0.3 is 24.8 Å². The van der Waals surface area contributed by atoms with E-state index >= 15 is 0 Å². The smallest absolute Gasteiger partial charge is 0.481 e. The molecule has 0 aliphatic carbocycles. The van der Waals surface area contributed by atoms with Crippen LogP contribution in [-0.4, -0.2) is 22.6 Å². The summed E-state index contributed by atoms with van der Waals surface area (Å²) in [5.74, 6) is 0.0587. The number of pyridine rings is 1. The molecule has 1 aromatic heterocycles. The van der Waals surface area contributed by atoms with Crippen molar-refractivity contribution in [3.63, 3.8) is 0 Å². The molecule has 0 saturated carbocycles. The number of aromatic nitrogens is 1. The van der Waals surface area contributed by atoms with E-state index in [1.807, 2.05) is 30.3 Å². The van der Waals surface area contributed by atoms with Crippen molar-refractivity contribution in [2.45, 2.75) is 51.9 Å². The van der Waals surface area contributed by atoms with Crippen LogP contribution < -0.4 is 24.2 Å². The molecule has 1 aliphatic heterocycles. The molecule has 0 radical (unpaired) electrons. The first kappa shape index (κ1) is 28.1. The average molecular weight is 403 g/mol. The number of aliphatic carboxylic acids is 1. The maximum absolute atomic E-state index is 9.89. The second kappa shape index (κ2) is 16.9. The fraction of sp³-hybridized carbons (Fsp3) is 0.400. The normalized spacial score (nSPS) is 12.4. The van der Waals surface area contributed by atoms with Crippen LogP contribution in [0.1, 0.15) is 55.8 Å². The third kappa shape index (κ3) is 12.0. The number of carbonyl (C=O) groups is 1. The molecule has 0 spiro atoms. The van der Waals surface area contributed by atoms with Crippen LogP contribution in [0.5, 0.6) is 0 Å². The van der Waals surface area contributed by atoms with Crippen LogP contribution in [0.25, 0.3) is 0 Å². The number of anilines is 1. The SMILES string of the molecule is [CH2-]CCCCc1ccc2c(n1)NCCC2.[CH2-]C[C@H](C)C(=O)O.[CH2-]c1ccccc1.[Li+]. The molecular formula is C25H35LiN2O2-2. The van der Waals surface area contributed by atoms with Gasteiger partial charge in [0.25, 0.3) is 0 Å². The largest absolute Gasteiger partial charge is 1.00 e. The van der Waals surface area contributed by atoms with E-state index in [9.17, 15) is 4.79 Å². The molecule has 1 atom stereocenters. The van der Waals surface area contributed by atoms with Gasteiger partial charge in [0.1, 0.15) is 5.82 Å². The quantitative estimate of drug-likeness (QED) is 0.443. The Labute approximate surface area is 195 Å². The molecule has 3 rings (SSSR count). The van der Waals surface area contributed by atoms with Gasteiger partial charge in [0, 0.05) is 18.2 Å². The molecule has 0 saturated heterocycles. The van der Waals surface area contributed by atoms with Crippen molar-refractivity contribution in [3.8, 4) is 0 Å². The van der Waals surface area contributed by atoms with E-state index in [1.165, 1.54) is 36.9 Å². The number of hydrogen-bond donors (Lipinski definition) is 2. The average Bonchev–Trinajstić information content (AvgIpc) is 2.74. The van der Waals surface area contributed by atoms with E-state index < -0.39 is 5.97 Å². The Balaban J connectivity index is 0.000000473. The fourth-order valence-corrected chi connectivity index (χ4v) is 2.59. The summed E-state index contributed by atoms with van der Waals surface area (Å²) in [6.45, 7) is 13.7. The van der Waals surface area contributed by atoms with Crippen molar-refractivity contribution in [2.24, 2.45) is 5.92 Å². The van der Waals surface area contributed by atoms with Crippen molar-refractivity contribution >= 4 is 11.8 Å². The zero-order valence-electron chi connectivity index (χ0n) is 18.7. The van der Waals surface area contributed by atoms with E-state index in [0.717, 1.165) is 30.8 Å². The van der Waals surface area contributed by atoms with Gasteiger partial charge in [-0.15, -0.1) is 12.1 Å². The first-order chi connectivity index (χ1) is 14.0. The fourth-order valence-electron chi connectivity index (χ4n) is 2.59. The molecule has 30 heavy (non-hydrogen) atoms. The van der Waals surface area contributed by atoms with Gasteiger partial charge in [-0.2, -0.15) is 37.5 Å². The molecule has 1 aliphatic rings. The van der Waals surface area contributed by atoms with Gasteiger partial charge < -0.3 is 24.3 Å². The summed E-state index contributed by atoms with van der Waals surface area (Å²) < 4.78 is 0. The second-order valence-electron chi connectivity index (χ2n) is 7.16. The first-order valence-electron chi connectivity index (χ1n) is 10.4. The van der Waals surface area contributed by atoms with Crippen molar-refractivity contribution in [1.82, 2.24) is 4.98 Å². The molecule has 0 fully saturated rings. The van der Waals surface area contributed by atoms with Gasteiger partial charge in [-0.1, -0.05) is 31.9 Å². The van der Waals surface area contributed by atoms with E-state index in [1.54, 1.807) is 6.92 Å². The van der Waals surface area contributed by atoms with Gasteiger partial charge in [-0.3, -0.25) is 4.79 Å². The standard InChI is InChI=1S/C13H19N2.C7H7.C5H9O2.Li/c1-2-3-4-7-12-9-8-11-6-5-10-14-13(11)15-12;1-7-5-3-2-4-6-7;1-3-4(2)5(6)7;/h8-9H,1-7,10H2,(H,14,15);2-6H,1H2;4H,1,3H2,2H3,(H,6,7);/q3*-1;+1/t;;4-;/m..0./s1. The number of benzene rings is 1. The maximum atomic E-state index is 9.89. The Kier molecular flexibility index (Phi) is 15.8. The Hall–Kier alpha value is -1.89. The second-order valence-corrected chi connectivity index (χ2v) is 7.16. The molecule has 160 valence electrons. The van der Waals surface area contributed by atoms with Gasteiger partial charge in [0.15, 0.2) is 0 Å². The Bertz CT molecular complexity index is 708. The monoisotopic (exact) mass is 402 g/mol. The molecule has 0 bridgehead atoms. The van der Waals surface area contributed by atoms with Crippen LogP contribution >= 0.6 is 0 Å². The number of fused-ring (bicyclic) bond motifs is 1. The minimum absolute atomic E-state index is 0.